The van der Waals surface area contributed by atoms with E-state index in [0.717, 1.165) is 42.3 Å². The van der Waals surface area contributed by atoms with Crippen LogP contribution in [0.4, 0.5) is 0 Å². The van der Waals surface area contributed by atoms with E-state index in [9.17, 15) is 9.90 Å². The van der Waals surface area contributed by atoms with Gasteiger partial charge < -0.3 is 14.6 Å². The highest BCUT2D eigenvalue weighted by Gasteiger charge is 2.50. The number of benzene rings is 2. The van der Waals surface area contributed by atoms with Gasteiger partial charge in [0.2, 0.25) is 5.91 Å². The highest BCUT2D eigenvalue weighted by molar-refractivity contribution is 5.78. The van der Waals surface area contributed by atoms with Crippen LogP contribution in [0.2, 0.25) is 0 Å². The molecule has 3 aromatic rings. The van der Waals surface area contributed by atoms with Gasteiger partial charge in [0.1, 0.15) is 0 Å². The molecule has 5 rings (SSSR count). The highest BCUT2D eigenvalue weighted by atomic mass is 16.3. The van der Waals surface area contributed by atoms with E-state index in [4.69, 9.17) is 0 Å². The Morgan fingerprint density at radius 1 is 1.07 bits per heavy atom. The van der Waals surface area contributed by atoms with Gasteiger partial charge >= 0.3 is 0 Å². The van der Waals surface area contributed by atoms with Gasteiger partial charge in [-0.2, -0.15) is 0 Å². The summed E-state index contributed by atoms with van der Waals surface area (Å²) in [6, 6.07) is 18.2. The summed E-state index contributed by atoms with van der Waals surface area (Å²) in [5.41, 5.74) is 2.20. The first-order valence-corrected chi connectivity index (χ1v) is 11.1. The molecule has 5 nitrogen and oxygen atoms in total. The smallest absolute Gasteiger partial charge is 0.224 e. The van der Waals surface area contributed by atoms with E-state index in [0.29, 0.717) is 25.9 Å². The second-order valence-electron chi connectivity index (χ2n) is 8.76. The lowest BCUT2D eigenvalue weighted by Crippen LogP contribution is -2.59. The Morgan fingerprint density at radius 3 is 2.70 bits per heavy atom. The van der Waals surface area contributed by atoms with Crippen LogP contribution >= 0.6 is 0 Å². The minimum absolute atomic E-state index is 0.112. The fourth-order valence-electron chi connectivity index (χ4n) is 5.63. The van der Waals surface area contributed by atoms with Crippen LogP contribution < -0.4 is 0 Å². The molecule has 3 atom stereocenters. The minimum atomic E-state index is -0.830. The van der Waals surface area contributed by atoms with Crippen molar-refractivity contribution in [1.82, 2.24) is 14.5 Å². The Hall–Kier alpha value is -2.66. The number of hydrogen-bond acceptors (Lipinski definition) is 3. The first-order valence-electron chi connectivity index (χ1n) is 11.1. The summed E-state index contributed by atoms with van der Waals surface area (Å²) < 4.78 is 2.07. The van der Waals surface area contributed by atoms with E-state index < -0.39 is 5.60 Å². The second-order valence-corrected chi connectivity index (χ2v) is 8.76. The molecule has 1 saturated carbocycles. The lowest BCUT2D eigenvalue weighted by atomic mass is 9.66. The molecule has 1 aromatic heterocycles. The maximum atomic E-state index is 13.2. The lowest BCUT2D eigenvalue weighted by Gasteiger charge is -2.52. The number of para-hydroxylation sites is 2. The molecule has 2 fully saturated rings. The molecule has 2 aliphatic rings. The Kier molecular flexibility index (Phi) is 5.07. The Balaban J connectivity index is 1.33. The van der Waals surface area contributed by atoms with E-state index in [-0.39, 0.29) is 17.9 Å². The summed E-state index contributed by atoms with van der Waals surface area (Å²) in [4.78, 5) is 19.7. The Bertz CT molecular complexity index is 1030. The predicted molar refractivity (Wildman–Crippen MR) is 117 cm³/mol. The van der Waals surface area contributed by atoms with Crippen LogP contribution in [-0.2, 0) is 16.9 Å². The predicted octanol–water partition coefficient (Wildman–Crippen LogP) is 4.11. The quantitative estimate of drug-likeness (QED) is 0.713. The number of rotatable bonds is 4. The number of carbonyl (C=O) groups is 1. The summed E-state index contributed by atoms with van der Waals surface area (Å²) in [5, 5.41) is 11.7. The van der Waals surface area contributed by atoms with Crippen molar-refractivity contribution >= 4 is 16.9 Å². The van der Waals surface area contributed by atoms with Crippen molar-refractivity contribution in [3.05, 3.63) is 66.5 Å². The molecule has 1 aliphatic carbocycles. The van der Waals surface area contributed by atoms with Gasteiger partial charge in [-0.25, -0.2) is 4.98 Å². The van der Waals surface area contributed by atoms with E-state index >= 15 is 0 Å². The zero-order chi connectivity index (χ0) is 20.6. The van der Waals surface area contributed by atoms with Gasteiger partial charge in [0, 0.05) is 31.5 Å². The van der Waals surface area contributed by atoms with Crippen LogP contribution in [-0.4, -0.2) is 38.1 Å². The number of imidazole rings is 1. The first kappa shape index (κ1) is 19.3. The normalized spacial score (nSPS) is 26.5. The number of likely N-dealkylation sites (tertiary alicyclic amines) is 1. The summed E-state index contributed by atoms with van der Waals surface area (Å²) in [7, 11) is 0. The lowest BCUT2D eigenvalue weighted by molar-refractivity contribution is -0.155. The number of nitrogens with zero attached hydrogens (tertiary/aromatic N) is 3. The summed E-state index contributed by atoms with van der Waals surface area (Å²) >= 11 is 0. The largest absolute Gasteiger partial charge is 0.385 e. The maximum absolute atomic E-state index is 13.2. The van der Waals surface area contributed by atoms with Crippen molar-refractivity contribution in [1.29, 1.82) is 0 Å². The molecular formula is C25H29N3O2. The molecule has 1 amide bonds. The van der Waals surface area contributed by atoms with Gasteiger partial charge in [0.25, 0.3) is 0 Å². The fraction of sp³-hybridized carbons (Fsp3) is 0.440. The molecule has 156 valence electrons. The van der Waals surface area contributed by atoms with E-state index in [1.165, 1.54) is 0 Å². The molecular weight excluding hydrogens is 374 g/mol. The molecule has 2 heterocycles. The van der Waals surface area contributed by atoms with Crippen LogP contribution in [0.5, 0.6) is 0 Å². The van der Waals surface area contributed by atoms with Crippen LogP contribution in [0.15, 0.2) is 60.9 Å². The number of aryl methyl sites for hydroxylation is 1. The molecule has 0 spiro atoms. The number of piperidine rings is 1. The van der Waals surface area contributed by atoms with Gasteiger partial charge in [-0.05, 0) is 37.0 Å². The van der Waals surface area contributed by atoms with Crippen molar-refractivity contribution < 1.29 is 9.90 Å². The fourth-order valence-corrected chi connectivity index (χ4v) is 5.63. The van der Waals surface area contributed by atoms with Crippen LogP contribution in [0.1, 0.15) is 44.1 Å². The monoisotopic (exact) mass is 403 g/mol. The molecule has 1 saturated heterocycles. The second kappa shape index (κ2) is 7.88. The van der Waals surface area contributed by atoms with E-state index in [1.54, 1.807) is 0 Å². The van der Waals surface area contributed by atoms with Gasteiger partial charge in [-0.1, -0.05) is 55.3 Å². The van der Waals surface area contributed by atoms with Crippen LogP contribution in [0.3, 0.4) is 0 Å². The van der Waals surface area contributed by atoms with Gasteiger partial charge in [-0.3, -0.25) is 4.79 Å². The Morgan fingerprint density at radius 2 is 1.83 bits per heavy atom. The number of aromatic nitrogens is 2. The number of amides is 1. The first-order chi connectivity index (χ1) is 14.7. The van der Waals surface area contributed by atoms with Gasteiger partial charge in [-0.15, -0.1) is 0 Å². The molecule has 0 unspecified atom stereocenters. The Labute approximate surface area is 177 Å². The number of carbonyl (C=O) groups excluding carboxylic acids is 1. The molecule has 1 N–H and O–H groups in total. The summed E-state index contributed by atoms with van der Waals surface area (Å²) in [6.07, 6.45) is 7.11. The van der Waals surface area contributed by atoms with Crippen LogP contribution in [0.25, 0.3) is 11.0 Å². The summed E-state index contributed by atoms with van der Waals surface area (Å²) in [6.45, 7) is 1.26. The summed E-state index contributed by atoms with van der Waals surface area (Å²) in [5.74, 6) is 0.306. The third kappa shape index (κ3) is 3.31. The number of aliphatic hydroxyl groups is 1. The van der Waals surface area contributed by atoms with Crippen LogP contribution in [0, 0.1) is 5.92 Å². The zero-order valence-corrected chi connectivity index (χ0v) is 17.3. The minimum Gasteiger partial charge on any atom is -0.385 e. The molecule has 0 bridgehead atoms. The average Bonchev–Trinajstić information content (AvgIpc) is 3.22. The van der Waals surface area contributed by atoms with E-state index in [2.05, 4.69) is 14.5 Å². The zero-order valence-electron chi connectivity index (χ0n) is 17.3. The van der Waals surface area contributed by atoms with Crippen molar-refractivity contribution in [3.63, 3.8) is 0 Å². The third-order valence-electron chi connectivity index (χ3n) is 7.17. The SMILES string of the molecule is O=C(CCn1cnc2ccccc21)N1CC[C@@](O)(c2ccccc2)[C@H]2CCCC[C@H]21. The number of fused-ring (bicyclic) bond motifs is 2. The van der Waals surface area contributed by atoms with Gasteiger partial charge in [0.15, 0.2) is 0 Å². The van der Waals surface area contributed by atoms with E-state index in [1.807, 2.05) is 60.9 Å². The van der Waals surface area contributed by atoms with Crippen molar-refractivity contribution in [3.8, 4) is 0 Å². The standard InChI is InChI=1S/C25H29N3O2/c29-24(14-16-27-18-26-21-11-5-7-13-23(21)27)28-17-15-25(30,19-8-2-1-3-9-19)20-10-4-6-12-22(20)28/h1-3,5,7-9,11,13,18,20,22,30H,4,6,10,12,14-17H2/t20-,22+,25+/m0/s1. The topological polar surface area (TPSA) is 58.4 Å². The molecule has 30 heavy (non-hydrogen) atoms. The third-order valence-corrected chi connectivity index (χ3v) is 7.17. The van der Waals surface area contributed by atoms with Crippen molar-refractivity contribution in [2.24, 2.45) is 5.92 Å². The van der Waals surface area contributed by atoms with Crippen molar-refractivity contribution in [2.45, 2.75) is 56.7 Å². The highest BCUT2D eigenvalue weighted by Crippen LogP contribution is 2.47. The molecule has 0 radical (unpaired) electrons. The van der Waals surface area contributed by atoms with Crippen molar-refractivity contribution in [2.75, 3.05) is 6.54 Å². The maximum Gasteiger partial charge on any atom is 0.224 e. The average molecular weight is 404 g/mol. The number of hydrogen-bond donors (Lipinski definition) is 1. The molecule has 2 aromatic carbocycles. The van der Waals surface area contributed by atoms with Gasteiger partial charge in [0.05, 0.1) is 23.0 Å². The molecule has 1 aliphatic heterocycles. The molecule has 5 heteroatoms.